The Balaban J connectivity index is 1.92. The quantitative estimate of drug-likeness (QED) is 0.700. The van der Waals surface area contributed by atoms with Gasteiger partial charge in [0.15, 0.2) is 0 Å². The number of halogens is 1. The van der Waals surface area contributed by atoms with Gasteiger partial charge in [-0.1, -0.05) is 38.4 Å². The lowest BCUT2D eigenvalue weighted by atomic mass is 9.72. The summed E-state index contributed by atoms with van der Waals surface area (Å²) >= 11 is 6.12. The molecule has 3 heteroatoms. The summed E-state index contributed by atoms with van der Waals surface area (Å²) in [6.07, 6.45) is 4.71. The third-order valence-electron chi connectivity index (χ3n) is 4.30. The third-order valence-corrected chi connectivity index (χ3v) is 4.71. The van der Waals surface area contributed by atoms with Crippen LogP contribution in [0.15, 0.2) is 23.3 Å². The summed E-state index contributed by atoms with van der Waals surface area (Å²) in [5.41, 5.74) is 6.90. The van der Waals surface area contributed by atoms with Gasteiger partial charge in [-0.25, -0.2) is 0 Å². The third kappa shape index (κ3) is 3.99. The van der Waals surface area contributed by atoms with Crippen LogP contribution in [0.25, 0.3) is 0 Å². The van der Waals surface area contributed by atoms with Crippen molar-refractivity contribution in [2.24, 2.45) is 16.4 Å². The van der Waals surface area contributed by atoms with Gasteiger partial charge in [-0.2, -0.15) is 5.10 Å². The molecular formula is C17H25ClN2. The molecule has 0 amide bonds. The normalized spacial score (nSPS) is 19.9. The maximum atomic E-state index is 6.12. The first-order chi connectivity index (χ1) is 9.36. The predicted molar refractivity (Wildman–Crippen MR) is 88.7 cm³/mol. The molecule has 0 atom stereocenters. The molecule has 20 heavy (non-hydrogen) atoms. The molecule has 0 aliphatic heterocycles. The van der Waals surface area contributed by atoms with E-state index in [4.69, 9.17) is 11.6 Å². The van der Waals surface area contributed by atoms with Crippen LogP contribution in [-0.2, 0) is 0 Å². The van der Waals surface area contributed by atoms with Crippen LogP contribution in [0.5, 0.6) is 0 Å². The molecule has 1 aromatic rings. The molecule has 1 aromatic carbocycles. The molecule has 1 N–H and O–H groups in total. The van der Waals surface area contributed by atoms with E-state index in [9.17, 15) is 0 Å². The van der Waals surface area contributed by atoms with Gasteiger partial charge in [0.25, 0.3) is 0 Å². The Morgan fingerprint density at radius 1 is 1.20 bits per heavy atom. The van der Waals surface area contributed by atoms with Crippen molar-refractivity contribution in [1.29, 1.82) is 0 Å². The number of nitrogens with zero attached hydrogens (tertiary/aromatic N) is 1. The monoisotopic (exact) mass is 292 g/mol. The second-order valence-corrected chi connectivity index (χ2v) is 7.30. The lowest BCUT2D eigenvalue weighted by molar-refractivity contribution is 0.208. The summed E-state index contributed by atoms with van der Waals surface area (Å²) in [5.74, 6) is 0.815. The zero-order valence-corrected chi connectivity index (χ0v) is 13.7. The number of hydrogen-bond acceptors (Lipinski definition) is 2. The summed E-state index contributed by atoms with van der Waals surface area (Å²) < 4.78 is 0. The van der Waals surface area contributed by atoms with Gasteiger partial charge < -0.3 is 0 Å². The van der Waals surface area contributed by atoms with Crippen molar-refractivity contribution in [2.75, 3.05) is 5.43 Å². The van der Waals surface area contributed by atoms with Crippen LogP contribution in [0.1, 0.15) is 52.0 Å². The number of rotatable bonds is 2. The molecule has 1 saturated carbocycles. The van der Waals surface area contributed by atoms with Gasteiger partial charge in [0.1, 0.15) is 0 Å². The number of nitrogens with one attached hydrogen (secondary N) is 1. The molecule has 0 spiro atoms. The van der Waals surface area contributed by atoms with Crippen LogP contribution in [0.4, 0.5) is 5.69 Å². The number of aryl methyl sites for hydroxylation is 1. The topological polar surface area (TPSA) is 24.4 Å². The van der Waals surface area contributed by atoms with Crippen molar-refractivity contribution in [2.45, 2.75) is 53.4 Å². The summed E-state index contributed by atoms with van der Waals surface area (Å²) in [4.78, 5) is 0. The summed E-state index contributed by atoms with van der Waals surface area (Å²) in [7, 11) is 0. The van der Waals surface area contributed by atoms with Crippen molar-refractivity contribution in [3.63, 3.8) is 0 Å². The van der Waals surface area contributed by atoms with E-state index < -0.39 is 0 Å². The van der Waals surface area contributed by atoms with E-state index in [2.05, 4.69) is 31.3 Å². The fraction of sp³-hybridized carbons (Fsp3) is 0.588. The first-order valence-electron chi connectivity index (χ1n) is 7.44. The largest absolute Gasteiger partial charge is 0.279 e. The van der Waals surface area contributed by atoms with Crippen molar-refractivity contribution in [1.82, 2.24) is 0 Å². The van der Waals surface area contributed by atoms with Gasteiger partial charge in [-0.15, -0.1) is 0 Å². The lowest BCUT2D eigenvalue weighted by Gasteiger charge is -2.34. The Morgan fingerprint density at radius 2 is 1.85 bits per heavy atom. The van der Waals surface area contributed by atoms with E-state index in [1.165, 1.54) is 18.6 Å². The standard InChI is InChI=1S/C17H25ClN2/c1-12-5-8-15(11-16(12)18)20-19-14-9-6-13(7-10-14)17(2,3)4/h5,8,11,13,20H,6-7,9-10H2,1-4H3. The highest BCUT2D eigenvalue weighted by Gasteiger charge is 2.27. The minimum Gasteiger partial charge on any atom is -0.279 e. The van der Waals surface area contributed by atoms with Gasteiger partial charge >= 0.3 is 0 Å². The first-order valence-corrected chi connectivity index (χ1v) is 7.81. The Kier molecular flexibility index (Phi) is 4.74. The molecule has 0 heterocycles. The van der Waals surface area contributed by atoms with Crippen molar-refractivity contribution in [3.05, 3.63) is 28.8 Å². The molecule has 0 bridgehead atoms. The summed E-state index contributed by atoms with van der Waals surface area (Å²) in [6, 6.07) is 5.97. The molecule has 1 fully saturated rings. The zero-order valence-electron chi connectivity index (χ0n) is 13.0. The fourth-order valence-electron chi connectivity index (χ4n) is 2.73. The van der Waals surface area contributed by atoms with Crippen molar-refractivity contribution < 1.29 is 0 Å². The number of hydrogen-bond donors (Lipinski definition) is 1. The Bertz CT molecular complexity index is 490. The molecule has 110 valence electrons. The molecule has 0 radical (unpaired) electrons. The van der Waals surface area contributed by atoms with E-state index in [0.717, 1.165) is 35.0 Å². The maximum absolute atomic E-state index is 6.12. The molecule has 1 aliphatic carbocycles. The van der Waals surface area contributed by atoms with Crippen LogP contribution in [0.2, 0.25) is 5.02 Å². The van der Waals surface area contributed by atoms with E-state index in [-0.39, 0.29) is 0 Å². The number of hydrazone groups is 1. The lowest BCUT2D eigenvalue weighted by Crippen LogP contribution is -2.26. The first kappa shape index (κ1) is 15.4. The van der Waals surface area contributed by atoms with Crippen LogP contribution < -0.4 is 5.43 Å². The van der Waals surface area contributed by atoms with Gasteiger partial charge in [-0.3, -0.25) is 5.43 Å². The molecular weight excluding hydrogens is 268 g/mol. The van der Waals surface area contributed by atoms with Crippen LogP contribution in [0, 0.1) is 18.3 Å². The van der Waals surface area contributed by atoms with Gasteiger partial charge in [0.2, 0.25) is 0 Å². The molecule has 2 rings (SSSR count). The zero-order chi connectivity index (χ0) is 14.8. The highest BCUT2D eigenvalue weighted by Crippen LogP contribution is 2.36. The summed E-state index contributed by atoms with van der Waals surface area (Å²) in [6.45, 7) is 9.02. The van der Waals surface area contributed by atoms with Gasteiger partial charge in [0, 0.05) is 10.7 Å². The Hall–Kier alpha value is -1.02. The molecule has 0 saturated heterocycles. The SMILES string of the molecule is Cc1ccc(NN=C2CCC(C(C)(C)C)CC2)cc1Cl. The van der Waals surface area contributed by atoms with Crippen molar-refractivity contribution >= 4 is 23.0 Å². The van der Waals surface area contributed by atoms with E-state index >= 15 is 0 Å². The highest BCUT2D eigenvalue weighted by molar-refractivity contribution is 6.31. The van der Waals surface area contributed by atoms with Gasteiger partial charge in [0.05, 0.1) is 5.69 Å². The van der Waals surface area contributed by atoms with E-state index in [1.54, 1.807) is 0 Å². The van der Waals surface area contributed by atoms with Crippen molar-refractivity contribution in [3.8, 4) is 0 Å². The van der Waals surface area contributed by atoms with E-state index in [1.807, 2.05) is 25.1 Å². The van der Waals surface area contributed by atoms with E-state index in [0.29, 0.717) is 5.41 Å². The highest BCUT2D eigenvalue weighted by atomic mass is 35.5. The smallest absolute Gasteiger partial charge is 0.0576 e. The second-order valence-electron chi connectivity index (χ2n) is 6.89. The second kappa shape index (κ2) is 6.17. The van der Waals surface area contributed by atoms with Gasteiger partial charge in [-0.05, 0) is 61.6 Å². The van der Waals surface area contributed by atoms with Crippen LogP contribution in [-0.4, -0.2) is 5.71 Å². The number of benzene rings is 1. The minimum absolute atomic E-state index is 0.420. The molecule has 0 aromatic heterocycles. The fourth-order valence-corrected chi connectivity index (χ4v) is 2.92. The minimum atomic E-state index is 0.420. The Labute approximate surface area is 127 Å². The predicted octanol–water partition coefficient (Wildman–Crippen LogP) is 5.65. The maximum Gasteiger partial charge on any atom is 0.0576 e. The average molecular weight is 293 g/mol. The summed E-state index contributed by atoms with van der Waals surface area (Å²) in [5, 5.41) is 5.33. The van der Waals surface area contributed by atoms with Crippen LogP contribution in [0.3, 0.4) is 0 Å². The number of anilines is 1. The van der Waals surface area contributed by atoms with Crippen LogP contribution >= 0.6 is 11.6 Å². The molecule has 0 unspecified atom stereocenters. The molecule has 1 aliphatic rings. The Morgan fingerprint density at radius 3 is 2.40 bits per heavy atom. The molecule has 2 nitrogen and oxygen atoms in total. The average Bonchev–Trinajstić information content (AvgIpc) is 2.40.